The predicted octanol–water partition coefficient (Wildman–Crippen LogP) is 1.16. The maximum atomic E-state index is 13.6. The lowest BCUT2D eigenvalue weighted by Crippen LogP contribution is -2.44. The van der Waals surface area contributed by atoms with Crippen molar-refractivity contribution < 1.29 is 24.2 Å². The van der Waals surface area contributed by atoms with Gasteiger partial charge >= 0.3 is 5.97 Å². The Morgan fingerprint density at radius 2 is 2.08 bits per heavy atom. The molecule has 0 fully saturated rings. The molecule has 0 bridgehead atoms. The molecule has 206 valence electrons. The first-order chi connectivity index (χ1) is 18.7. The number of carbonyl (C=O) groups excluding carboxylic acids is 2. The van der Waals surface area contributed by atoms with E-state index in [0.29, 0.717) is 35.6 Å². The first-order valence-electron chi connectivity index (χ1n) is 13.1. The zero-order chi connectivity index (χ0) is 27.9. The minimum Gasteiger partial charge on any atom is -0.497 e. The molecule has 6 N–H and O–H groups in total. The van der Waals surface area contributed by atoms with Gasteiger partial charge in [0.2, 0.25) is 5.91 Å². The van der Waals surface area contributed by atoms with Crippen LogP contribution in [0.15, 0.2) is 29.1 Å². The number of esters is 1. The number of nitrogens with two attached hydrogens (primary N) is 2. The van der Waals surface area contributed by atoms with Crippen LogP contribution in [0.1, 0.15) is 54.9 Å². The molecule has 11 heteroatoms. The van der Waals surface area contributed by atoms with Crippen molar-refractivity contribution in [3.8, 4) is 17.1 Å². The van der Waals surface area contributed by atoms with Gasteiger partial charge in [-0.2, -0.15) is 0 Å². The quantitative estimate of drug-likeness (QED) is 0.181. The van der Waals surface area contributed by atoms with E-state index in [2.05, 4.69) is 5.32 Å². The van der Waals surface area contributed by atoms with Crippen LogP contribution in [0.5, 0.6) is 5.75 Å². The lowest BCUT2D eigenvalue weighted by molar-refractivity contribution is -0.172. The Morgan fingerprint density at radius 3 is 2.79 bits per heavy atom. The number of benzene rings is 1. The van der Waals surface area contributed by atoms with E-state index in [4.69, 9.17) is 25.9 Å². The van der Waals surface area contributed by atoms with Gasteiger partial charge in [-0.15, -0.1) is 0 Å². The first kappa shape index (κ1) is 26.8. The molecule has 5 rings (SSSR count). The molecular formula is C28H33N5O6. The van der Waals surface area contributed by atoms with Crippen LogP contribution in [0.4, 0.5) is 0 Å². The van der Waals surface area contributed by atoms with E-state index in [1.165, 1.54) is 0 Å². The lowest BCUT2D eigenvalue weighted by Gasteiger charge is -2.31. The molecule has 0 radical (unpaired) electrons. The van der Waals surface area contributed by atoms with Crippen molar-refractivity contribution in [2.24, 2.45) is 11.5 Å². The van der Waals surface area contributed by atoms with E-state index in [9.17, 15) is 19.5 Å². The number of aliphatic hydroxyl groups is 1. The highest BCUT2D eigenvalue weighted by Crippen LogP contribution is 2.40. The first-order valence-corrected chi connectivity index (χ1v) is 13.1. The minimum atomic E-state index is -1.91. The minimum absolute atomic E-state index is 0.0579. The van der Waals surface area contributed by atoms with E-state index in [-0.39, 0.29) is 48.7 Å². The topological polar surface area (TPSA) is 172 Å². The fourth-order valence-electron chi connectivity index (χ4n) is 5.42. The van der Waals surface area contributed by atoms with Gasteiger partial charge in [0.25, 0.3) is 5.56 Å². The monoisotopic (exact) mass is 535 g/mol. The summed E-state index contributed by atoms with van der Waals surface area (Å²) in [5.41, 5.74) is 13.2. The number of methoxy groups -OCH3 is 1. The summed E-state index contributed by atoms with van der Waals surface area (Å²) in [6.07, 6.45) is 2.14. The van der Waals surface area contributed by atoms with Gasteiger partial charge in [0.1, 0.15) is 12.4 Å². The second kappa shape index (κ2) is 10.4. The van der Waals surface area contributed by atoms with Crippen LogP contribution in [0, 0.1) is 0 Å². The van der Waals surface area contributed by atoms with E-state index >= 15 is 0 Å². The van der Waals surface area contributed by atoms with Crippen molar-refractivity contribution in [3.05, 3.63) is 56.9 Å². The van der Waals surface area contributed by atoms with Crippen molar-refractivity contribution in [2.75, 3.05) is 13.7 Å². The van der Waals surface area contributed by atoms with Gasteiger partial charge in [0, 0.05) is 23.1 Å². The van der Waals surface area contributed by atoms with Crippen LogP contribution < -0.4 is 27.1 Å². The third-order valence-corrected chi connectivity index (χ3v) is 7.76. The average Bonchev–Trinajstić information content (AvgIpc) is 3.31. The van der Waals surface area contributed by atoms with Crippen LogP contribution in [0.25, 0.3) is 22.3 Å². The van der Waals surface area contributed by atoms with Crippen molar-refractivity contribution >= 4 is 22.8 Å². The summed E-state index contributed by atoms with van der Waals surface area (Å²) < 4.78 is 12.2. The van der Waals surface area contributed by atoms with Crippen LogP contribution in [0.2, 0.25) is 0 Å². The maximum absolute atomic E-state index is 13.6. The van der Waals surface area contributed by atoms with Crippen LogP contribution in [-0.2, 0) is 39.6 Å². The Kier molecular flexibility index (Phi) is 7.15. The second-order valence-electron chi connectivity index (χ2n) is 10.0. The SMILES string of the molecule is CC[C@@]1(O)C(=O)OCc2c1cc1n(c2=O)Cc2c-1nc1ccc(OC)cc1c2CNC(=O)C(N)CCCCN. The Balaban J connectivity index is 1.61. The van der Waals surface area contributed by atoms with E-state index in [1.54, 1.807) is 30.7 Å². The van der Waals surface area contributed by atoms with E-state index < -0.39 is 17.6 Å². The van der Waals surface area contributed by atoms with Gasteiger partial charge < -0.3 is 35.9 Å². The van der Waals surface area contributed by atoms with Crippen molar-refractivity contribution in [2.45, 2.75) is 63.9 Å². The lowest BCUT2D eigenvalue weighted by atomic mass is 9.86. The van der Waals surface area contributed by atoms with Crippen molar-refractivity contribution in [3.63, 3.8) is 0 Å². The van der Waals surface area contributed by atoms with E-state index in [1.807, 2.05) is 12.1 Å². The summed E-state index contributed by atoms with van der Waals surface area (Å²) in [5.74, 6) is -0.424. The zero-order valence-electron chi connectivity index (χ0n) is 22.1. The molecule has 4 heterocycles. The smallest absolute Gasteiger partial charge is 0.343 e. The third kappa shape index (κ3) is 4.46. The third-order valence-electron chi connectivity index (χ3n) is 7.76. The zero-order valence-corrected chi connectivity index (χ0v) is 22.1. The maximum Gasteiger partial charge on any atom is 0.343 e. The van der Waals surface area contributed by atoms with E-state index in [0.717, 1.165) is 29.4 Å². The van der Waals surface area contributed by atoms with Crippen LogP contribution in [0.3, 0.4) is 0 Å². The van der Waals surface area contributed by atoms with Gasteiger partial charge in [-0.3, -0.25) is 9.59 Å². The number of hydrogen-bond donors (Lipinski definition) is 4. The number of cyclic esters (lactones) is 1. The number of nitrogens with zero attached hydrogens (tertiary/aromatic N) is 2. The summed E-state index contributed by atoms with van der Waals surface area (Å²) in [7, 11) is 1.57. The molecule has 39 heavy (non-hydrogen) atoms. The number of hydrogen-bond acceptors (Lipinski definition) is 9. The molecule has 0 saturated heterocycles. The fraction of sp³-hybridized carbons (Fsp3) is 0.429. The molecule has 0 aliphatic carbocycles. The summed E-state index contributed by atoms with van der Waals surface area (Å²) in [6.45, 7) is 2.38. The Bertz CT molecular complexity index is 1530. The average molecular weight is 536 g/mol. The summed E-state index contributed by atoms with van der Waals surface area (Å²) in [5, 5.41) is 14.9. The van der Waals surface area contributed by atoms with Gasteiger partial charge in [0.15, 0.2) is 5.60 Å². The molecule has 2 aliphatic rings. The normalized spacial score (nSPS) is 18.2. The summed E-state index contributed by atoms with van der Waals surface area (Å²) in [6, 6.07) is 6.47. The van der Waals surface area contributed by atoms with Crippen LogP contribution in [-0.4, -0.2) is 46.2 Å². The van der Waals surface area contributed by atoms with Crippen molar-refractivity contribution in [1.82, 2.24) is 14.9 Å². The second-order valence-corrected chi connectivity index (χ2v) is 10.0. The highest BCUT2D eigenvalue weighted by Gasteiger charge is 2.45. The predicted molar refractivity (Wildman–Crippen MR) is 144 cm³/mol. The summed E-state index contributed by atoms with van der Waals surface area (Å²) in [4.78, 5) is 43.7. The molecule has 0 saturated carbocycles. The number of pyridine rings is 2. The number of aromatic nitrogens is 2. The highest BCUT2D eigenvalue weighted by molar-refractivity contribution is 5.90. The number of amides is 1. The highest BCUT2D eigenvalue weighted by atomic mass is 16.6. The molecule has 1 amide bonds. The number of fused-ring (bicyclic) bond motifs is 5. The Labute approximate surface area is 225 Å². The fourth-order valence-corrected chi connectivity index (χ4v) is 5.42. The molecule has 2 atom stereocenters. The molecule has 2 aliphatic heterocycles. The van der Waals surface area contributed by atoms with Gasteiger partial charge in [0.05, 0.1) is 42.2 Å². The number of ether oxygens (including phenoxy) is 2. The largest absolute Gasteiger partial charge is 0.497 e. The number of carbonyl (C=O) groups is 2. The molecule has 1 unspecified atom stereocenters. The Hall–Kier alpha value is -3.80. The molecule has 11 nitrogen and oxygen atoms in total. The summed E-state index contributed by atoms with van der Waals surface area (Å²) >= 11 is 0. The van der Waals surface area contributed by atoms with Gasteiger partial charge in [-0.25, -0.2) is 9.78 Å². The molecule has 3 aromatic rings. The molecule has 0 spiro atoms. The van der Waals surface area contributed by atoms with Gasteiger partial charge in [-0.05, 0) is 55.6 Å². The number of nitrogens with one attached hydrogen (secondary N) is 1. The standard InChI is InChI=1S/C28H33N5O6/c1-3-28(37)20-11-23-24-18(13-33(23)26(35)19(20)14-39-27(28)36)17(12-31-25(34)21(30)6-4-5-9-29)16-10-15(38-2)7-8-22(16)32-24/h7-8,10-11,21,37H,3-6,9,12-14,29-30H2,1-2H3,(H,31,34)/t21?,28-/m0/s1. The van der Waals surface area contributed by atoms with Crippen LogP contribution >= 0.6 is 0 Å². The molecule has 2 aromatic heterocycles. The number of unbranched alkanes of at least 4 members (excludes halogenated alkanes) is 1. The Morgan fingerprint density at radius 1 is 1.28 bits per heavy atom. The molecule has 1 aromatic carbocycles. The van der Waals surface area contributed by atoms with Gasteiger partial charge in [-0.1, -0.05) is 13.3 Å². The molecular weight excluding hydrogens is 502 g/mol. The number of rotatable bonds is 9. The van der Waals surface area contributed by atoms with Crippen molar-refractivity contribution in [1.29, 1.82) is 0 Å².